The zero-order valence-electron chi connectivity index (χ0n) is 8.44. The van der Waals surface area contributed by atoms with Crippen LogP contribution >= 0.6 is 11.3 Å². The highest BCUT2D eigenvalue weighted by Crippen LogP contribution is 2.29. The van der Waals surface area contributed by atoms with Gasteiger partial charge in [0.25, 0.3) is 0 Å². The predicted molar refractivity (Wildman–Crippen MR) is 57.5 cm³/mol. The Bertz CT molecular complexity index is 300. The zero-order chi connectivity index (χ0) is 9.97. The molecule has 2 rings (SSSR count). The number of piperidine rings is 1. The second kappa shape index (κ2) is 4.38. The third-order valence-electron chi connectivity index (χ3n) is 2.70. The molecule has 3 nitrogen and oxygen atoms in total. The van der Waals surface area contributed by atoms with E-state index in [4.69, 9.17) is 5.11 Å². The SMILES string of the molecule is CN1CCCC(c2ncc(CO)s2)C1. The van der Waals surface area contributed by atoms with Crippen molar-refractivity contribution < 1.29 is 5.11 Å². The van der Waals surface area contributed by atoms with E-state index >= 15 is 0 Å². The van der Waals surface area contributed by atoms with Crippen molar-refractivity contribution in [2.45, 2.75) is 25.4 Å². The molecule has 14 heavy (non-hydrogen) atoms. The number of nitrogens with zero attached hydrogens (tertiary/aromatic N) is 2. The highest BCUT2D eigenvalue weighted by molar-refractivity contribution is 7.11. The van der Waals surface area contributed by atoms with E-state index < -0.39 is 0 Å². The van der Waals surface area contributed by atoms with Crippen LogP contribution < -0.4 is 0 Å². The molecule has 1 aliphatic heterocycles. The molecular weight excluding hydrogens is 196 g/mol. The average Bonchev–Trinajstić information content (AvgIpc) is 2.66. The first-order chi connectivity index (χ1) is 6.79. The highest BCUT2D eigenvalue weighted by Gasteiger charge is 2.21. The molecule has 0 radical (unpaired) electrons. The van der Waals surface area contributed by atoms with Crippen molar-refractivity contribution in [3.05, 3.63) is 16.1 Å². The van der Waals surface area contributed by atoms with E-state index in [1.165, 1.54) is 24.4 Å². The second-order valence-electron chi connectivity index (χ2n) is 3.92. The van der Waals surface area contributed by atoms with Crippen molar-refractivity contribution in [2.24, 2.45) is 0 Å². The van der Waals surface area contributed by atoms with E-state index in [1.54, 1.807) is 17.5 Å². The Morgan fingerprint density at radius 2 is 2.57 bits per heavy atom. The Morgan fingerprint density at radius 1 is 1.71 bits per heavy atom. The average molecular weight is 212 g/mol. The van der Waals surface area contributed by atoms with Gasteiger partial charge in [-0.05, 0) is 26.4 Å². The van der Waals surface area contributed by atoms with Crippen LogP contribution in [0.4, 0.5) is 0 Å². The largest absolute Gasteiger partial charge is 0.391 e. The molecular formula is C10H16N2OS. The van der Waals surface area contributed by atoms with Crippen molar-refractivity contribution in [1.29, 1.82) is 0 Å². The Labute approximate surface area is 88.4 Å². The van der Waals surface area contributed by atoms with Crippen LogP contribution in [0.25, 0.3) is 0 Å². The first-order valence-corrected chi connectivity index (χ1v) is 5.85. The van der Waals surface area contributed by atoms with Gasteiger partial charge >= 0.3 is 0 Å². The van der Waals surface area contributed by atoms with Crippen LogP contribution in [0.3, 0.4) is 0 Å². The number of rotatable bonds is 2. The minimum atomic E-state index is 0.125. The lowest BCUT2D eigenvalue weighted by Gasteiger charge is -2.28. The fraction of sp³-hybridized carbons (Fsp3) is 0.700. The molecule has 78 valence electrons. The van der Waals surface area contributed by atoms with Gasteiger partial charge in [-0.2, -0.15) is 0 Å². The molecule has 2 heterocycles. The number of hydrogen-bond donors (Lipinski definition) is 1. The Balaban J connectivity index is 2.06. The number of aliphatic hydroxyl groups is 1. The summed E-state index contributed by atoms with van der Waals surface area (Å²) in [6.45, 7) is 2.44. The first kappa shape index (κ1) is 10.1. The predicted octanol–water partition coefficient (Wildman–Crippen LogP) is 1.44. The van der Waals surface area contributed by atoms with Crippen LogP contribution in [0.2, 0.25) is 0 Å². The highest BCUT2D eigenvalue weighted by atomic mass is 32.1. The summed E-state index contributed by atoms with van der Waals surface area (Å²) in [7, 11) is 2.16. The van der Waals surface area contributed by atoms with Gasteiger partial charge in [0.1, 0.15) is 0 Å². The Kier molecular flexibility index (Phi) is 3.15. The van der Waals surface area contributed by atoms with E-state index in [1.807, 2.05) is 0 Å². The van der Waals surface area contributed by atoms with Crippen LogP contribution in [0.1, 0.15) is 28.6 Å². The number of likely N-dealkylation sites (tertiary alicyclic amines) is 1. The fourth-order valence-corrected chi connectivity index (χ4v) is 2.86. The van der Waals surface area contributed by atoms with Gasteiger partial charge in [0.2, 0.25) is 0 Å². The summed E-state index contributed by atoms with van der Waals surface area (Å²) < 4.78 is 0. The van der Waals surface area contributed by atoms with Crippen LogP contribution in [0, 0.1) is 0 Å². The quantitative estimate of drug-likeness (QED) is 0.806. The Morgan fingerprint density at radius 3 is 3.21 bits per heavy atom. The van der Waals surface area contributed by atoms with E-state index in [9.17, 15) is 0 Å². The number of aliphatic hydroxyl groups excluding tert-OH is 1. The molecule has 0 aliphatic carbocycles. The summed E-state index contributed by atoms with van der Waals surface area (Å²) in [5.74, 6) is 0.582. The minimum absolute atomic E-state index is 0.125. The molecule has 1 aromatic rings. The van der Waals surface area contributed by atoms with Gasteiger partial charge in [-0.15, -0.1) is 11.3 Å². The van der Waals surface area contributed by atoms with E-state index in [0.717, 1.165) is 11.4 Å². The summed E-state index contributed by atoms with van der Waals surface area (Å²) in [5.41, 5.74) is 0. The van der Waals surface area contributed by atoms with E-state index in [2.05, 4.69) is 16.9 Å². The number of hydrogen-bond acceptors (Lipinski definition) is 4. The standard InChI is InChI=1S/C10H16N2OS/c1-12-4-2-3-8(6-12)10-11-5-9(7-13)14-10/h5,8,13H,2-4,6-7H2,1H3. The van der Waals surface area contributed by atoms with Gasteiger partial charge in [-0.3, -0.25) is 0 Å². The third-order valence-corrected chi connectivity index (χ3v) is 3.85. The number of aromatic nitrogens is 1. The summed E-state index contributed by atoms with van der Waals surface area (Å²) in [6, 6.07) is 0. The van der Waals surface area contributed by atoms with Crippen LogP contribution in [-0.4, -0.2) is 35.1 Å². The number of thiazole rings is 1. The maximum absolute atomic E-state index is 8.96. The van der Waals surface area contributed by atoms with Crippen LogP contribution in [0.15, 0.2) is 6.20 Å². The van der Waals surface area contributed by atoms with Crippen molar-refractivity contribution in [2.75, 3.05) is 20.1 Å². The number of likely N-dealkylation sites (N-methyl/N-ethyl adjacent to an activating group) is 1. The van der Waals surface area contributed by atoms with Gasteiger partial charge in [0.15, 0.2) is 0 Å². The normalized spacial score (nSPS) is 24.0. The molecule has 1 saturated heterocycles. The zero-order valence-corrected chi connectivity index (χ0v) is 9.26. The maximum atomic E-state index is 8.96. The van der Waals surface area contributed by atoms with Crippen molar-refractivity contribution >= 4 is 11.3 Å². The Hall–Kier alpha value is -0.450. The third kappa shape index (κ3) is 2.13. The molecule has 4 heteroatoms. The lowest BCUT2D eigenvalue weighted by molar-refractivity contribution is 0.250. The van der Waals surface area contributed by atoms with Crippen LogP contribution in [-0.2, 0) is 6.61 Å². The molecule has 1 N–H and O–H groups in total. The molecule has 0 amide bonds. The van der Waals surface area contributed by atoms with Gasteiger partial charge in [0.05, 0.1) is 16.5 Å². The van der Waals surface area contributed by atoms with Gasteiger partial charge in [-0.1, -0.05) is 0 Å². The van der Waals surface area contributed by atoms with E-state index in [-0.39, 0.29) is 6.61 Å². The lowest BCUT2D eigenvalue weighted by atomic mass is 9.99. The molecule has 1 atom stereocenters. The summed E-state index contributed by atoms with van der Waals surface area (Å²) >= 11 is 1.65. The molecule has 0 aromatic carbocycles. The first-order valence-electron chi connectivity index (χ1n) is 5.03. The van der Waals surface area contributed by atoms with Crippen molar-refractivity contribution in [3.8, 4) is 0 Å². The van der Waals surface area contributed by atoms with Crippen molar-refractivity contribution in [1.82, 2.24) is 9.88 Å². The fourth-order valence-electron chi connectivity index (χ4n) is 1.95. The maximum Gasteiger partial charge on any atom is 0.0972 e. The summed E-state index contributed by atoms with van der Waals surface area (Å²) in [5, 5.41) is 10.2. The minimum Gasteiger partial charge on any atom is -0.391 e. The van der Waals surface area contributed by atoms with Crippen LogP contribution in [0.5, 0.6) is 0 Å². The molecule has 1 aliphatic rings. The molecule has 0 bridgehead atoms. The molecule has 0 spiro atoms. The summed E-state index contributed by atoms with van der Waals surface area (Å²) in [6.07, 6.45) is 4.30. The molecule has 1 aromatic heterocycles. The summed E-state index contributed by atoms with van der Waals surface area (Å²) in [4.78, 5) is 7.71. The second-order valence-corrected chi connectivity index (χ2v) is 5.07. The lowest BCUT2D eigenvalue weighted by Crippen LogP contribution is -2.30. The van der Waals surface area contributed by atoms with E-state index in [0.29, 0.717) is 5.92 Å². The van der Waals surface area contributed by atoms with Gasteiger partial charge < -0.3 is 10.0 Å². The topological polar surface area (TPSA) is 36.4 Å². The monoisotopic (exact) mass is 212 g/mol. The van der Waals surface area contributed by atoms with Crippen molar-refractivity contribution in [3.63, 3.8) is 0 Å². The smallest absolute Gasteiger partial charge is 0.0972 e. The molecule has 1 fully saturated rings. The van der Waals surface area contributed by atoms with Gasteiger partial charge in [0, 0.05) is 18.7 Å². The van der Waals surface area contributed by atoms with Gasteiger partial charge in [-0.25, -0.2) is 4.98 Å². The molecule has 0 saturated carbocycles. The molecule has 1 unspecified atom stereocenters.